The van der Waals surface area contributed by atoms with Gasteiger partial charge in [0.2, 0.25) is 5.13 Å². The van der Waals surface area contributed by atoms with Gasteiger partial charge in [0.25, 0.3) is 5.91 Å². The number of nitrogens with one attached hydrogen (secondary N) is 1. The Labute approximate surface area is 173 Å². The first kappa shape index (κ1) is 20.3. The number of aromatic nitrogens is 2. The molecule has 1 N–H and O–H groups in total. The molecule has 0 aliphatic heterocycles. The predicted molar refractivity (Wildman–Crippen MR) is 114 cm³/mol. The standard InChI is InChI=1S/C21H22ClN3O2S/c1-13(2)18-9-8-17(10-14(18)3)27-12-19(26)23-21-25-24-20(28-21)11-15-4-6-16(22)7-5-15/h4-10,13H,11-12H2,1-3H3,(H,23,25,26). The van der Waals surface area contributed by atoms with Gasteiger partial charge in [-0.15, -0.1) is 10.2 Å². The van der Waals surface area contributed by atoms with Gasteiger partial charge in [-0.2, -0.15) is 0 Å². The zero-order valence-electron chi connectivity index (χ0n) is 16.0. The smallest absolute Gasteiger partial charge is 0.264 e. The van der Waals surface area contributed by atoms with Crippen molar-refractivity contribution in [1.82, 2.24) is 10.2 Å². The predicted octanol–water partition coefficient (Wildman–Crippen LogP) is 5.23. The molecule has 1 heterocycles. The van der Waals surface area contributed by atoms with Gasteiger partial charge in [0.1, 0.15) is 10.8 Å². The molecule has 0 bridgehead atoms. The second kappa shape index (κ2) is 9.17. The lowest BCUT2D eigenvalue weighted by molar-refractivity contribution is -0.118. The molecule has 0 radical (unpaired) electrons. The first-order valence-corrected chi connectivity index (χ1v) is 10.2. The second-order valence-corrected chi connectivity index (χ2v) is 8.31. The molecule has 0 aliphatic rings. The Morgan fingerprint density at radius 1 is 1.18 bits per heavy atom. The van der Waals surface area contributed by atoms with Crippen LogP contribution in [0.4, 0.5) is 5.13 Å². The van der Waals surface area contributed by atoms with Crippen LogP contribution in [0.2, 0.25) is 5.02 Å². The van der Waals surface area contributed by atoms with Gasteiger partial charge in [-0.1, -0.05) is 55.0 Å². The largest absolute Gasteiger partial charge is 0.484 e. The van der Waals surface area contributed by atoms with Gasteiger partial charge in [-0.3, -0.25) is 10.1 Å². The number of carbonyl (C=O) groups is 1. The van der Waals surface area contributed by atoms with Gasteiger partial charge in [-0.05, 0) is 53.8 Å². The lowest BCUT2D eigenvalue weighted by Gasteiger charge is -2.12. The van der Waals surface area contributed by atoms with Crippen molar-refractivity contribution in [1.29, 1.82) is 0 Å². The zero-order chi connectivity index (χ0) is 20.1. The van der Waals surface area contributed by atoms with E-state index in [1.54, 1.807) is 0 Å². The van der Waals surface area contributed by atoms with Crippen LogP contribution < -0.4 is 10.1 Å². The lowest BCUT2D eigenvalue weighted by atomic mass is 9.98. The van der Waals surface area contributed by atoms with Crippen LogP contribution in [0.1, 0.15) is 41.5 Å². The number of aryl methyl sites for hydroxylation is 1. The monoisotopic (exact) mass is 415 g/mol. The van der Waals surface area contributed by atoms with Crippen LogP contribution in [0.15, 0.2) is 42.5 Å². The molecular weight excluding hydrogens is 394 g/mol. The Hall–Kier alpha value is -2.44. The van der Waals surface area contributed by atoms with Crippen LogP contribution in [-0.4, -0.2) is 22.7 Å². The molecule has 1 amide bonds. The molecule has 7 heteroatoms. The van der Waals surface area contributed by atoms with E-state index in [0.717, 1.165) is 16.1 Å². The first-order chi connectivity index (χ1) is 13.4. The average molecular weight is 416 g/mol. The van der Waals surface area contributed by atoms with Crippen molar-refractivity contribution in [3.05, 3.63) is 69.2 Å². The molecule has 28 heavy (non-hydrogen) atoms. The van der Waals surface area contributed by atoms with Gasteiger partial charge in [0.05, 0.1) is 0 Å². The van der Waals surface area contributed by atoms with Gasteiger partial charge in [-0.25, -0.2) is 0 Å². The maximum absolute atomic E-state index is 12.1. The molecule has 146 valence electrons. The average Bonchev–Trinajstić information content (AvgIpc) is 3.08. The molecule has 3 rings (SSSR count). The van der Waals surface area contributed by atoms with Crippen LogP contribution in [0.25, 0.3) is 0 Å². The number of hydrogen-bond acceptors (Lipinski definition) is 5. The lowest BCUT2D eigenvalue weighted by Crippen LogP contribution is -2.20. The van der Waals surface area contributed by atoms with Crippen molar-refractivity contribution in [3.63, 3.8) is 0 Å². The molecule has 3 aromatic rings. The molecule has 1 aromatic heterocycles. The highest BCUT2D eigenvalue weighted by Crippen LogP contribution is 2.24. The highest BCUT2D eigenvalue weighted by Gasteiger charge is 2.11. The van der Waals surface area contributed by atoms with Crippen LogP contribution in [0.3, 0.4) is 0 Å². The number of rotatable bonds is 7. The zero-order valence-corrected chi connectivity index (χ0v) is 17.6. The fourth-order valence-electron chi connectivity index (χ4n) is 2.84. The maximum Gasteiger partial charge on any atom is 0.264 e. The highest BCUT2D eigenvalue weighted by molar-refractivity contribution is 7.15. The molecule has 0 saturated heterocycles. The fraction of sp³-hybridized carbons (Fsp3) is 0.286. The van der Waals surface area contributed by atoms with E-state index in [1.807, 2.05) is 49.4 Å². The van der Waals surface area contributed by atoms with Crippen molar-refractivity contribution in [2.45, 2.75) is 33.1 Å². The van der Waals surface area contributed by atoms with Crippen LogP contribution in [0.5, 0.6) is 5.75 Å². The fourth-order valence-corrected chi connectivity index (χ4v) is 3.76. The summed E-state index contributed by atoms with van der Waals surface area (Å²) < 4.78 is 5.60. The summed E-state index contributed by atoms with van der Waals surface area (Å²) in [5.41, 5.74) is 3.52. The molecule has 0 spiro atoms. The van der Waals surface area contributed by atoms with E-state index < -0.39 is 0 Å². The minimum absolute atomic E-state index is 0.0768. The van der Waals surface area contributed by atoms with Gasteiger partial charge in [0.15, 0.2) is 6.61 Å². The number of ether oxygens (including phenoxy) is 1. The third-order valence-electron chi connectivity index (χ3n) is 4.22. The number of amides is 1. The van der Waals surface area contributed by atoms with Crippen molar-refractivity contribution in [2.75, 3.05) is 11.9 Å². The van der Waals surface area contributed by atoms with E-state index in [9.17, 15) is 4.79 Å². The Morgan fingerprint density at radius 3 is 2.61 bits per heavy atom. The quantitative estimate of drug-likeness (QED) is 0.573. The van der Waals surface area contributed by atoms with Crippen molar-refractivity contribution < 1.29 is 9.53 Å². The normalized spacial score (nSPS) is 10.9. The highest BCUT2D eigenvalue weighted by atomic mass is 35.5. The number of carbonyl (C=O) groups excluding carboxylic acids is 1. The third kappa shape index (κ3) is 5.53. The summed E-state index contributed by atoms with van der Waals surface area (Å²) in [6.45, 7) is 6.28. The van der Waals surface area contributed by atoms with Crippen LogP contribution in [0, 0.1) is 6.92 Å². The van der Waals surface area contributed by atoms with E-state index in [0.29, 0.717) is 28.2 Å². The van der Waals surface area contributed by atoms with Crippen LogP contribution in [-0.2, 0) is 11.2 Å². The number of nitrogens with zero attached hydrogens (tertiary/aromatic N) is 2. The Morgan fingerprint density at radius 2 is 1.93 bits per heavy atom. The molecule has 5 nitrogen and oxygen atoms in total. The summed E-state index contributed by atoms with van der Waals surface area (Å²) in [6.07, 6.45) is 0.642. The van der Waals surface area contributed by atoms with Crippen molar-refractivity contribution >= 4 is 34.0 Å². The van der Waals surface area contributed by atoms with E-state index in [4.69, 9.17) is 16.3 Å². The Kier molecular flexibility index (Phi) is 6.65. The minimum Gasteiger partial charge on any atom is -0.484 e. The number of anilines is 1. The molecular formula is C21H22ClN3O2S. The van der Waals surface area contributed by atoms with Crippen molar-refractivity contribution in [2.24, 2.45) is 0 Å². The minimum atomic E-state index is -0.264. The Balaban J connectivity index is 1.52. The summed E-state index contributed by atoms with van der Waals surface area (Å²) in [5.74, 6) is 0.870. The first-order valence-electron chi connectivity index (χ1n) is 9.00. The van der Waals surface area contributed by atoms with E-state index in [-0.39, 0.29) is 12.5 Å². The number of hydrogen-bond donors (Lipinski definition) is 1. The van der Waals surface area contributed by atoms with Gasteiger partial charge in [0, 0.05) is 11.4 Å². The molecule has 0 unspecified atom stereocenters. The Bertz CT molecular complexity index is 955. The summed E-state index contributed by atoms with van der Waals surface area (Å²) in [4.78, 5) is 12.1. The second-order valence-electron chi connectivity index (χ2n) is 6.81. The van der Waals surface area contributed by atoms with Gasteiger partial charge >= 0.3 is 0 Å². The van der Waals surface area contributed by atoms with Gasteiger partial charge < -0.3 is 4.74 Å². The SMILES string of the molecule is Cc1cc(OCC(=O)Nc2nnc(Cc3ccc(Cl)cc3)s2)ccc1C(C)C. The molecule has 0 saturated carbocycles. The molecule has 0 fully saturated rings. The maximum atomic E-state index is 12.1. The summed E-state index contributed by atoms with van der Waals surface area (Å²) >= 11 is 7.24. The molecule has 0 aliphatic carbocycles. The summed E-state index contributed by atoms with van der Waals surface area (Å²) in [5, 5.41) is 12.9. The topological polar surface area (TPSA) is 64.1 Å². The summed E-state index contributed by atoms with van der Waals surface area (Å²) in [6, 6.07) is 13.5. The molecule has 0 atom stereocenters. The summed E-state index contributed by atoms with van der Waals surface area (Å²) in [7, 11) is 0. The van der Waals surface area contributed by atoms with Crippen LogP contribution >= 0.6 is 22.9 Å². The third-order valence-corrected chi connectivity index (χ3v) is 5.31. The van der Waals surface area contributed by atoms with Crippen molar-refractivity contribution in [3.8, 4) is 5.75 Å². The van der Waals surface area contributed by atoms with E-state index in [1.165, 1.54) is 16.9 Å². The molecule has 2 aromatic carbocycles. The van der Waals surface area contributed by atoms with E-state index in [2.05, 4.69) is 29.4 Å². The number of halogens is 1. The van der Waals surface area contributed by atoms with E-state index >= 15 is 0 Å². The number of benzene rings is 2.